The lowest BCUT2D eigenvalue weighted by atomic mass is 9.97. The minimum Gasteiger partial charge on any atom is -0.396 e. The number of likely N-dealkylation sites (tertiary alicyclic amines) is 1. The molecular weight excluding hydrogens is 290 g/mol. The maximum atomic E-state index is 12.2. The molecule has 126 valence electrons. The highest BCUT2D eigenvalue weighted by Crippen LogP contribution is 2.20. The second-order valence-electron chi connectivity index (χ2n) is 6.74. The van der Waals surface area contributed by atoms with Crippen LogP contribution < -0.4 is 10.6 Å². The van der Waals surface area contributed by atoms with Crippen molar-refractivity contribution in [3.8, 4) is 0 Å². The third kappa shape index (κ3) is 4.53. The van der Waals surface area contributed by atoms with Crippen LogP contribution in [0.5, 0.6) is 0 Å². The Hall–Kier alpha value is -1.43. The molecule has 5 heteroatoms. The van der Waals surface area contributed by atoms with Gasteiger partial charge in [-0.1, -0.05) is 12.1 Å². The molecule has 0 spiro atoms. The molecule has 2 saturated heterocycles. The van der Waals surface area contributed by atoms with E-state index in [2.05, 4.69) is 27.7 Å². The summed E-state index contributed by atoms with van der Waals surface area (Å²) in [6.45, 7) is 4.22. The molecule has 0 aromatic heterocycles. The van der Waals surface area contributed by atoms with Gasteiger partial charge in [0, 0.05) is 18.8 Å². The second-order valence-corrected chi connectivity index (χ2v) is 6.74. The SMILES string of the molecule is O=C(Nc1cccc(CN2CCC(CO)CC2)c1)[C@@H]1CCCN1. The van der Waals surface area contributed by atoms with Crippen molar-refractivity contribution in [3.05, 3.63) is 29.8 Å². The Morgan fingerprint density at radius 1 is 1.30 bits per heavy atom. The molecule has 1 aromatic rings. The van der Waals surface area contributed by atoms with Gasteiger partial charge in [0.15, 0.2) is 0 Å². The molecule has 23 heavy (non-hydrogen) atoms. The fraction of sp³-hybridized carbons (Fsp3) is 0.611. The zero-order valence-electron chi connectivity index (χ0n) is 13.6. The van der Waals surface area contributed by atoms with E-state index in [4.69, 9.17) is 0 Å². The highest BCUT2D eigenvalue weighted by Gasteiger charge is 2.22. The van der Waals surface area contributed by atoms with E-state index in [-0.39, 0.29) is 11.9 Å². The van der Waals surface area contributed by atoms with Gasteiger partial charge in [0.25, 0.3) is 0 Å². The number of nitrogens with zero attached hydrogens (tertiary/aromatic N) is 1. The minimum atomic E-state index is -0.0452. The normalized spacial score (nSPS) is 23.1. The van der Waals surface area contributed by atoms with Crippen LogP contribution >= 0.6 is 0 Å². The average Bonchev–Trinajstić information content (AvgIpc) is 3.10. The minimum absolute atomic E-state index is 0.0452. The predicted octanol–water partition coefficient (Wildman–Crippen LogP) is 1.58. The van der Waals surface area contributed by atoms with Gasteiger partial charge in [-0.25, -0.2) is 0 Å². The predicted molar refractivity (Wildman–Crippen MR) is 91.2 cm³/mol. The lowest BCUT2D eigenvalue weighted by Gasteiger charge is -2.31. The molecule has 3 rings (SSSR count). The summed E-state index contributed by atoms with van der Waals surface area (Å²) >= 11 is 0. The average molecular weight is 317 g/mol. The van der Waals surface area contributed by atoms with Crippen LogP contribution in [0.2, 0.25) is 0 Å². The molecule has 1 amide bonds. The van der Waals surface area contributed by atoms with Gasteiger partial charge in [0.05, 0.1) is 6.04 Å². The van der Waals surface area contributed by atoms with Gasteiger partial charge < -0.3 is 15.7 Å². The van der Waals surface area contributed by atoms with Gasteiger partial charge in [-0.3, -0.25) is 9.69 Å². The van der Waals surface area contributed by atoms with Crippen LogP contribution in [0.15, 0.2) is 24.3 Å². The maximum absolute atomic E-state index is 12.2. The summed E-state index contributed by atoms with van der Waals surface area (Å²) in [4.78, 5) is 14.6. The molecule has 1 atom stereocenters. The molecule has 0 aliphatic carbocycles. The number of carbonyl (C=O) groups is 1. The number of nitrogens with one attached hydrogen (secondary N) is 2. The number of rotatable bonds is 5. The van der Waals surface area contributed by atoms with Crippen LogP contribution in [0, 0.1) is 5.92 Å². The van der Waals surface area contributed by atoms with Gasteiger partial charge in [0.1, 0.15) is 0 Å². The Morgan fingerprint density at radius 3 is 2.83 bits per heavy atom. The summed E-state index contributed by atoms with van der Waals surface area (Å²) < 4.78 is 0. The van der Waals surface area contributed by atoms with Crippen LogP contribution in [-0.4, -0.2) is 48.2 Å². The zero-order chi connectivity index (χ0) is 16.1. The standard InChI is InChI=1S/C18H27N3O2/c22-13-14-6-9-21(10-7-14)12-15-3-1-4-16(11-15)20-18(23)17-5-2-8-19-17/h1,3-4,11,14,17,19,22H,2,5-10,12-13H2,(H,20,23)/t17-/m0/s1. The van der Waals surface area contributed by atoms with Gasteiger partial charge in [0.2, 0.25) is 5.91 Å². The number of benzene rings is 1. The Morgan fingerprint density at radius 2 is 2.13 bits per heavy atom. The molecule has 2 fully saturated rings. The zero-order valence-corrected chi connectivity index (χ0v) is 13.6. The van der Waals surface area contributed by atoms with Crippen molar-refractivity contribution >= 4 is 11.6 Å². The fourth-order valence-electron chi connectivity index (χ4n) is 3.47. The number of piperidine rings is 1. The van der Waals surface area contributed by atoms with Crippen molar-refractivity contribution in [2.24, 2.45) is 5.92 Å². The number of hydrogen-bond donors (Lipinski definition) is 3. The summed E-state index contributed by atoms with van der Waals surface area (Å²) in [6, 6.07) is 8.10. The molecule has 3 N–H and O–H groups in total. The third-order valence-electron chi connectivity index (χ3n) is 4.94. The lowest BCUT2D eigenvalue weighted by molar-refractivity contribution is -0.117. The Labute approximate surface area is 138 Å². The van der Waals surface area contributed by atoms with E-state index in [1.165, 1.54) is 5.56 Å². The first-order valence-corrected chi connectivity index (χ1v) is 8.71. The van der Waals surface area contributed by atoms with E-state index in [9.17, 15) is 9.90 Å². The third-order valence-corrected chi connectivity index (χ3v) is 4.94. The molecule has 0 bridgehead atoms. The van der Waals surface area contributed by atoms with Crippen molar-refractivity contribution in [2.45, 2.75) is 38.3 Å². The van der Waals surface area contributed by atoms with Crippen LogP contribution in [0.4, 0.5) is 5.69 Å². The topological polar surface area (TPSA) is 64.6 Å². The molecule has 0 unspecified atom stereocenters. The highest BCUT2D eigenvalue weighted by atomic mass is 16.3. The summed E-state index contributed by atoms with van der Waals surface area (Å²) in [7, 11) is 0. The van der Waals surface area contributed by atoms with Crippen molar-refractivity contribution in [1.29, 1.82) is 0 Å². The lowest BCUT2D eigenvalue weighted by Crippen LogP contribution is -2.35. The number of aliphatic hydroxyl groups excluding tert-OH is 1. The van der Waals surface area contributed by atoms with E-state index in [1.807, 2.05) is 12.1 Å². The van der Waals surface area contributed by atoms with E-state index in [0.29, 0.717) is 12.5 Å². The maximum Gasteiger partial charge on any atom is 0.241 e. The largest absolute Gasteiger partial charge is 0.396 e. The number of amides is 1. The first-order chi connectivity index (χ1) is 11.2. The number of hydrogen-bond acceptors (Lipinski definition) is 4. The number of aliphatic hydroxyl groups is 1. The van der Waals surface area contributed by atoms with E-state index < -0.39 is 0 Å². The molecule has 1 aromatic carbocycles. The van der Waals surface area contributed by atoms with Gasteiger partial charge in [-0.15, -0.1) is 0 Å². The molecule has 0 radical (unpaired) electrons. The molecule has 2 heterocycles. The van der Waals surface area contributed by atoms with Gasteiger partial charge in [-0.2, -0.15) is 0 Å². The smallest absolute Gasteiger partial charge is 0.241 e. The second kappa shape index (κ2) is 7.90. The molecule has 2 aliphatic heterocycles. The van der Waals surface area contributed by atoms with Crippen LogP contribution in [-0.2, 0) is 11.3 Å². The van der Waals surface area contributed by atoms with Gasteiger partial charge in [-0.05, 0) is 68.9 Å². The summed E-state index contributed by atoms with van der Waals surface area (Å²) in [6.07, 6.45) is 4.13. The Balaban J connectivity index is 1.54. The van der Waals surface area contributed by atoms with Gasteiger partial charge >= 0.3 is 0 Å². The molecule has 5 nitrogen and oxygen atoms in total. The van der Waals surface area contributed by atoms with Crippen LogP contribution in [0.25, 0.3) is 0 Å². The molecule has 2 aliphatic rings. The van der Waals surface area contributed by atoms with Crippen molar-refractivity contribution in [1.82, 2.24) is 10.2 Å². The first kappa shape index (κ1) is 16.4. The van der Waals surface area contributed by atoms with E-state index in [0.717, 1.165) is 57.5 Å². The fourth-order valence-corrected chi connectivity index (χ4v) is 3.47. The monoisotopic (exact) mass is 317 g/mol. The van der Waals surface area contributed by atoms with Crippen LogP contribution in [0.3, 0.4) is 0 Å². The quantitative estimate of drug-likeness (QED) is 0.771. The highest BCUT2D eigenvalue weighted by molar-refractivity contribution is 5.95. The van der Waals surface area contributed by atoms with Crippen molar-refractivity contribution in [3.63, 3.8) is 0 Å². The molecule has 0 saturated carbocycles. The summed E-state index contributed by atoms with van der Waals surface area (Å²) in [5.41, 5.74) is 2.11. The van der Waals surface area contributed by atoms with E-state index in [1.54, 1.807) is 0 Å². The number of carbonyl (C=O) groups excluding carboxylic acids is 1. The number of anilines is 1. The first-order valence-electron chi connectivity index (χ1n) is 8.71. The van der Waals surface area contributed by atoms with Crippen molar-refractivity contribution < 1.29 is 9.90 Å². The van der Waals surface area contributed by atoms with Crippen LogP contribution in [0.1, 0.15) is 31.2 Å². The summed E-state index contributed by atoms with van der Waals surface area (Å²) in [5.74, 6) is 0.541. The van der Waals surface area contributed by atoms with E-state index >= 15 is 0 Å². The van der Waals surface area contributed by atoms with Crippen molar-refractivity contribution in [2.75, 3.05) is 31.6 Å². The molecular formula is C18H27N3O2. The Bertz CT molecular complexity index is 521. The Kier molecular flexibility index (Phi) is 5.65. The summed E-state index contributed by atoms with van der Waals surface area (Å²) in [5, 5.41) is 15.5.